The van der Waals surface area contributed by atoms with E-state index in [9.17, 15) is 4.79 Å². The third kappa shape index (κ3) is 3.85. The van der Waals surface area contributed by atoms with Gasteiger partial charge in [-0.25, -0.2) is 4.79 Å². The number of hydrogen-bond acceptors (Lipinski definition) is 3. The highest BCUT2D eigenvalue weighted by atomic mass is 16.5. The molecule has 0 unspecified atom stereocenters. The molecule has 3 nitrogen and oxygen atoms in total. The van der Waals surface area contributed by atoms with Crippen LogP contribution in [0.15, 0.2) is 36.7 Å². The number of carbonyl (C=O) groups is 1. The lowest BCUT2D eigenvalue weighted by atomic mass is 10.1. The minimum Gasteiger partial charge on any atom is -0.429 e. The molecule has 15 heavy (non-hydrogen) atoms. The second-order valence-electron chi connectivity index (χ2n) is 3.52. The van der Waals surface area contributed by atoms with Crippen LogP contribution in [0.1, 0.15) is 15.9 Å². The van der Waals surface area contributed by atoms with Crippen molar-refractivity contribution in [1.29, 1.82) is 0 Å². The fraction of sp³-hybridized carbons (Fsp3) is 0.250. The second kappa shape index (κ2) is 5.20. The van der Waals surface area contributed by atoms with Crippen LogP contribution >= 0.6 is 0 Å². The van der Waals surface area contributed by atoms with E-state index >= 15 is 0 Å². The Kier molecular flexibility index (Phi) is 3.92. The van der Waals surface area contributed by atoms with Crippen molar-refractivity contribution in [2.24, 2.45) is 0 Å². The van der Waals surface area contributed by atoms with E-state index in [1.54, 1.807) is 23.2 Å². The van der Waals surface area contributed by atoms with Crippen LogP contribution in [0.3, 0.4) is 0 Å². The first-order valence-electron chi connectivity index (χ1n) is 4.70. The van der Waals surface area contributed by atoms with E-state index in [-0.39, 0.29) is 5.97 Å². The zero-order chi connectivity index (χ0) is 11.3. The van der Waals surface area contributed by atoms with Gasteiger partial charge in [0.25, 0.3) is 0 Å². The van der Waals surface area contributed by atoms with E-state index in [1.807, 2.05) is 33.2 Å². The minimum atomic E-state index is -0.336. The summed E-state index contributed by atoms with van der Waals surface area (Å²) in [6.07, 6.45) is 3.05. The fourth-order valence-corrected chi connectivity index (χ4v) is 1.05. The van der Waals surface area contributed by atoms with Gasteiger partial charge in [-0.1, -0.05) is 17.7 Å². The highest BCUT2D eigenvalue weighted by molar-refractivity contribution is 5.89. The summed E-state index contributed by atoms with van der Waals surface area (Å²) in [5.41, 5.74) is 1.61. The van der Waals surface area contributed by atoms with Gasteiger partial charge in [0.15, 0.2) is 0 Å². The van der Waals surface area contributed by atoms with Gasteiger partial charge in [-0.15, -0.1) is 0 Å². The number of esters is 1. The topological polar surface area (TPSA) is 29.5 Å². The van der Waals surface area contributed by atoms with Gasteiger partial charge in [0, 0.05) is 20.3 Å². The van der Waals surface area contributed by atoms with E-state index in [0.717, 1.165) is 5.56 Å². The summed E-state index contributed by atoms with van der Waals surface area (Å²) >= 11 is 0. The van der Waals surface area contributed by atoms with Crippen LogP contribution in [0.4, 0.5) is 0 Å². The van der Waals surface area contributed by atoms with Crippen LogP contribution in [0.2, 0.25) is 0 Å². The molecule has 0 aliphatic carbocycles. The van der Waals surface area contributed by atoms with Gasteiger partial charge in [0.2, 0.25) is 0 Å². The molecule has 0 aliphatic rings. The first-order valence-corrected chi connectivity index (χ1v) is 4.70. The lowest BCUT2D eigenvalue weighted by molar-refractivity contribution is 0.0660. The van der Waals surface area contributed by atoms with E-state index in [4.69, 9.17) is 4.74 Å². The van der Waals surface area contributed by atoms with Crippen molar-refractivity contribution in [3.05, 3.63) is 47.9 Å². The molecule has 1 rings (SSSR count). The number of rotatable bonds is 3. The largest absolute Gasteiger partial charge is 0.429 e. The minimum absolute atomic E-state index is 0.336. The Bertz CT molecular complexity index is 370. The Labute approximate surface area is 90.0 Å². The van der Waals surface area contributed by atoms with Crippen LogP contribution in [0, 0.1) is 6.92 Å². The highest BCUT2D eigenvalue weighted by Crippen LogP contribution is 2.05. The average Bonchev–Trinajstić information content (AvgIpc) is 2.17. The third-order valence-electron chi connectivity index (χ3n) is 1.79. The Hall–Kier alpha value is -1.77. The Morgan fingerprint density at radius 2 is 2.13 bits per heavy atom. The van der Waals surface area contributed by atoms with Crippen molar-refractivity contribution in [2.45, 2.75) is 6.92 Å². The zero-order valence-electron chi connectivity index (χ0n) is 9.23. The summed E-state index contributed by atoms with van der Waals surface area (Å²) in [6.45, 7) is 1.94. The highest BCUT2D eigenvalue weighted by Gasteiger charge is 2.04. The number of ether oxygens (including phenoxy) is 1. The van der Waals surface area contributed by atoms with Gasteiger partial charge in [0.1, 0.15) is 6.26 Å². The zero-order valence-corrected chi connectivity index (χ0v) is 9.23. The van der Waals surface area contributed by atoms with Crippen LogP contribution in [-0.2, 0) is 4.74 Å². The molecule has 80 valence electrons. The number of carbonyl (C=O) groups excluding carboxylic acids is 1. The molecule has 0 N–H and O–H groups in total. The first kappa shape index (κ1) is 11.3. The van der Waals surface area contributed by atoms with Crippen molar-refractivity contribution in [1.82, 2.24) is 4.90 Å². The normalized spacial score (nSPS) is 10.3. The van der Waals surface area contributed by atoms with Gasteiger partial charge in [-0.2, -0.15) is 0 Å². The maximum atomic E-state index is 11.5. The molecule has 0 heterocycles. The van der Waals surface area contributed by atoms with Crippen LogP contribution in [0.25, 0.3) is 0 Å². The molecule has 0 fully saturated rings. The summed E-state index contributed by atoms with van der Waals surface area (Å²) < 4.78 is 4.93. The first-order chi connectivity index (χ1) is 7.09. The number of aryl methyl sites for hydroxylation is 1. The monoisotopic (exact) mass is 205 g/mol. The van der Waals surface area contributed by atoms with Gasteiger partial charge in [-0.3, -0.25) is 0 Å². The maximum absolute atomic E-state index is 11.5. The SMILES string of the molecule is Cc1cccc(C(=O)OC=CN(C)C)c1. The Morgan fingerprint density at radius 1 is 1.40 bits per heavy atom. The molecule has 0 amide bonds. The molecule has 1 aromatic carbocycles. The molecule has 0 radical (unpaired) electrons. The molecular weight excluding hydrogens is 190 g/mol. The Balaban J connectivity index is 2.62. The summed E-state index contributed by atoms with van der Waals surface area (Å²) in [5.74, 6) is -0.336. The van der Waals surface area contributed by atoms with Gasteiger partial charge in [-0.05, 0) is 19.1 Å². The number of nitrogens with zero attached hydrogens (tertiary/aromatic N) is 1. The molecule has 0 spiro atoms. The van der Waals surface area contributed by atoms with Crippen molar-refractivity contribution in [3.8, 4) is 0 Å². The summed E-state index contributed by atoms with van der Waals surface area (Å²) in [5, 5.41) is 0. The summed E-state index contributed by atoms with van der Waals surface area (Å²) in [7, 11) is 3.72. The predicted octanol–water partition coefficient (Wildman–Crippen LogP) is 2.18. The molecular formula is C12H15NO2. The van der Waals surface area contributed by atoms with Crippen LogP contribution < -0.4 is 0 Å². The van der Waals surface area contributed by atoms with E-state index in [0.29, 0.717) is 5.56 Å². The molecule has 0 aliphatic heterocycles. The fourth-order valence-electron chi connectivity index (χ4n) is 1.05. The van der Waals surface area contributed by atoms with Crippen molar-refractivity contribution in [2.75, 3.05) is 14.1 Å². The van der Waals surface area contributed by atoms with E-state index in [1.165, 1.54) is 6.26 Å². The lowest BCUT2D eigenvalue weighted by Gasteiger charge is -2.04. The molecule has 1 aromatic rings. The smallest absolute Gasteiger partial charge is 0.342 e. The lowest BCUT2D eigenvalue weighted by Crippen LogP contribution is -2.04. The molecule has 0 aromatic heterocycles. The maximum Gasteiger partial charge on any atom is 0.342 e. The molecule has 0 saturated heterocycles. The van der Waals surface area contributed by atoms with Crippen molar-refractivity contribution >= 4 is 5.97 Å². The third-order valence-corrected chi connectivity index (χ3v) is 1.79. The van der Waals surface area contributed by atoms with Gasteiger partial charge in [0.05, 0.1) is 5.56 Å². The number of benzene rings is 1. The number of hydrogen-bond donors (Lipinski definition) is 0. The van der Waals surface area contributed by atoms with Crippen LogP contribution in [0.5, 0.6) is 0 Å². The molecule has 0 bridgehead atoms. The second-order valence-corrected chi connectivity index (χ2v) is 3.52. The Morgan fingerprint density at radius 3 is 2.73 bits per heavy atom. The van der Waals surface area contributed by atoms with Gasteiger partial charge < -0.3 is 9.64 Å². The molecule has 0 saturated carbocycles. The van der Waals surface area contributed by atoms with E-state index < -0.39 is 0 Å². The molecule has 3 heteroatoms. The van der Waals surface area contributed by atoms with Crippen molar-refractivity contribution in [3.63, 3.8) is 0 Å². The van der Waals surface area contributed by atoms with Crippen molar-refractivity contribution < 1.29 is 9.53 Å². The van der Waals surface area contributed by atoms with Gasteiger partial charge >= 0.3 is 5.97 Å². The molecule has 0 atom stereocenters. The summed E-state index contributed by atoms with van der Waals surface area (Å²) in [4.78, 5) is 13.3. The quantitative estimate of drug-likeness (QED) is 0.559. The van der Waals surface area contributed by atoms with Crippen LogP contribution in [-0.4, -0.2) is 25.0 Å². The van der Waals surface area contributed by atoms with E-state index in [2.05, 4.69) is 0 Å². The average molecular weight is 205 g/mol. The standard InChI is InChI=1S/C12H15NO2/c1-10-5-4-6-11(9-10)12(14)15-8-7-13(2)3/h4-9H,1-3H3. The summed E-state index contributed by atoms with van der Waals surface area (Å²) in [6, 6.07) is 7.30. The predicted molar refractivity (Wildman–Crippen MR) is 59.4 cm³/mol.